The lowest BCUT2D eigenvalue weighted by molar-refractivity contribution is -0.202. The van der Waals surface area contributed by atoms with Crippen molar-refractivity contribution >= 4 is 24.5 Å². The molecule has 31 heavy (non-hydrogen) atoms. The Balaban J connectivity index is 2.28. The molecule has 0 fully saturated rings. The molecule has 2 aromatic carbocycles. The van der Waals surface area contributed by atoms with Gasteiger partial charge in [0.25, 0.3) is 5.85 Å². The van der Waals surface area contributed by atoms with E-state index in [1.807, 2.05) is 24.3 Å². The van der Waals surface area contributed by atoms with Crippen LogP contribution in [-0.2, 0) is 23.4 Å². The minimum absolute atomic E-state index is 0.179. The fraction of sp³-hybridized carbons (Fsp3) is 0.476. The van der Waals surface area contributed by atoms with Crippen LogP contribution in [0.3, 0.4) is 0 Å². The SMILES string of the molecule is CO[C@](F)(COP(=O)(NC(C)C(=O)OC(C)C)Oc1ccc2ccccc2c1)[C@H](C)O. The number of halogens is 1. The molecule has 0 aliphatic heterocycles. The summed E-state index contributed by atoms with van der Waals surface area (Å²) in [5.41, 5.74) is 0. The number of nitrogens with one attached hydrogen (secondary N) is 1. The average molecular weight is 457 g/mol. The van der Waals surface area contributed by atoms with E-state index >= 15 is 0 Å². The standard InChI is InChI=1S/C21H29FNO7P/c1-14(2)29-20(25)15(3)23-31(26,28-13-21(22,27-5)16(4)24)30-19-11-10-17-8-6-7-9-18(17)12-19/h6-12,14-16,24H,13H2,1-5H3,(H,23,26)/t15?,16-,21+,31?/m0/s1. The molecule has 8 nitrogen and oxygen atoms in total. The fourth-order valence-electron chi connectivity index (χ4n) is 2.60. The van der Waals surface area contributed by atoms with E-state index in [0.717, 1.165) is 24.8 Å². The second-order valence-electron chi connectivity index (χ2n) is 7.37. The first-order chi connectivity index (χ1) is 14.5. The smallest absolute Gasteiger partial charge is 0.459 e. The predicted octanol–water partition coefficient (Wildman–Crippen LogP) is 3.97. The summed E-state index contributed by atoms with van der Waals surface area (Å²) in [7, 11) is -3.26. The van der Waals surface area contributed by atoms with Gasteiger partial charge < -0.3 is 19.1 Å². The van der Waals surface area contributed by atoms with Crippen molar-refractivity contribution in [2.75, 3.05) is 13.7 Å². The summed E-state index contributed by atoms with van der Waals surface area (Å²) in [5, 5.41) is 13.9. The molecule has 172 valence electrons. The van der Waals surface area contributed by atoms with Gasteiger partial charge in [-0.25, -0.2) is 8.96 Å². The largest absolute Gasteiger partial charge is 0.462 e. The highest BCUT2D eigenvalue weighted by Gasteiger charge is 2.41. The van der Waals surface area contributed by atoms with Gasteiger partial charge in [-0.1, -0.05) is 30.3 Å². The maximum Gasteiger partial charge on any atom is 0.459 e. The third kappa shape index (κ3) is 6.98. The van der Waals surface area contributed by atoms with Crippen LogP contribution in [0, 0.1) is 0 Å². The molecule has 0 saturated heterocycles. The van der Waals surface area contributed by atoms with E-state index in [0.29, 0.717) is 0 Å². The third-order valence-corrected chi connectivity index (χ3v) is 6.02. The molecule has 2 aromatic rings. The van der Waals surface area contributed by atoms with E-state index in [4.69, 9.17) is 13.8 Å². The van der Waals surface area contributed by atoms with Crippen molar-refractivity contribution in [3.63, 3.8) is 0 Å². The van der Waals surface area contributed by atoms with Crippen molar-refractivity contribution in [1.29, 1.82) is 0 Å². The van der Waals surface area contributed by atoms with Gasteiger partial charge in [0.2, 0.25) is 0 Å². The molecule has 0 spiro atoms. The summed E-state index contributed by atoms with van der Waals surface area (Å²) in [5.74, 6) is -3.14. The first-order valence-corrected chi connectivity index (χ1v) is 11.4. The number of aliphatic hydroxyl groups excluding tert-OH is 1. The summed E-state index contributed by atoms with van der Waals surface area (Å²) >= 11 is 0. The molecule has 2 N–H and O–H groups in total. The Labute approximate surface area is 181 Å². The number of fused-ring (bicyclic) bond motifs is 1. The number of carbonyl (C=O) groups excluding carboxylic acids is 1. The molecule has 0 bridgehead atoms. The number of benzene rings is 2. The van der Waals surface area contributed by atoms with Crippen molar-refractivity contribution in [3.8, 4) is 5.75 Å². The summed E-state index contributed by atoms with van der Waals surface area (Å²) in [4.78, 5) is 12.2. The number of methoxy groups -OCH3 is 1. The number of alkyl halides is 1. The zero-order chi connectivity index (χ0) is 23.2. The fourth-order valence-corrected chi connectivity index (χ4v) is 4.10. The summed E-state index contributed by atoms with van der Waals surface area (Å²) in [6, 6.07) is 11.3. The average Bonchev–Trinajstić information content (AvgIpc) is 2.71. The predicted molar refractivity (Wildman–Crippen MR) is 114 cm³/mol. The molecule has 2 rings (SSSR count). The lowest BCUT2D eigenvalue weighted by Crippen LogP contribution is -2.43. The lowest BCUT2D eigenvalue weighted by Gasteiger charge is -2.29. The van der Waals surface area contributed by atoms with Gasteiger partial charge in [-0.05, 0) is 50.6 Å². The molecular weight excluding hydrogens is 428 g/mol. The molecule has 0 amide bonds. The number of hydrogen-bond donors (Lipinski definition) is 2. The van der Waals surface area contributed by atoms with E-state index in [2.05, 4.69) is 9.82 Å². The Morgan fingerprint density at radius 2 is 1.81 bits per heavy atom. The van der Waals surface area contributed by atoms with E-state index in [1.54, 1.807) is 32.0 Å². The molecule has 0 heterocycles. The minimum atomic E-state index is -4.30. The number of ether oxygens (including phenoxy) is 2. The van der Waals surface area contributed by atoms with Gasteiger partial charge in [-0.3, -0.25) is 9.32 Å². The third-order valence-electron chi connectivity index (χ3n) is 4.40. The van der Waals surface area contributed by atoms with E-state index < -0.39 is 38.3 Å². The zero-order valence-electron chi connectivity index (χ0n) is 18.2. The van der Waals surface area contributed by atoms with Crippen LogP contribution in [-0.4, -0.2) is 48.9 Å². The highest BCUT2D eigenvalue weighted by atomic mass is 31.2. The van der Waals surface area contributed by atoms with Crippen LogP contribution in [0.25, 0.3) is 10.8 Å². The number of esters is 1. The monoisotopic (exact) mass is 457 g/mol. The Bertz CT molecular complexity index is 939. The second-order valence-corrected chi connectivity index (χ2v) is 9.07. The van der Waals surface area contributed by atoms with Crippen LogP contribution in [0.15, 0.2) is 42.5 Å². The van der Waals surface area contributed by atoms with Crippen molar-refractivity contribution < 1.29 is 37.4 Å². The number of aliphatic hydroxyl groups is 1. The molecule has 0 aliphatic rings. The second kappa shape index (κ2) is 10.5. The van der Waals surface area contributed by atoms with Crippen LogP contribution in [0.5, 0.6) is 5.75 Å². The van der Waals surface area contributed by atoms with Gasteiger partial charge in [-0.2, -0.15) is 5.09 Å². The lowest BCUT2D eigenvalue weighted by atomic mass is 10.1. The molecule has 0 saturated carbocycles. The molecule has 0 aliphatic carbocycles. The molecular formula is C21H29FNO7P. The van der Waals surface area contributed by atoms with Crippen LogP contribution < -0.4 is 9.61 Å². The van der Waals surface area contributed by atoms with Gasteiger partial charge in [0.15, 0.2) is 0 Å². The van der Waals surface area contributed by atoms with Gasteiger partial charge >= 0.3 is 13.7 Å². The number of hydrogen-bond acceptors (Lipinski definition) is 7. The Kier molecular flexibility index (Phi) is 8.57. The van der Waals surface area contributed by atoms with Gasteiger partial charge in [0.05, 0.1) is 6.10 Å². The first kappa shape index (κ1) is 25.2. The maximum atomic E-state index is 14.7. The topological polar surface area (TPSA) is 103 Å². The van der Waals surface area contributed by atoms with Gasteiger partial charge in [-0.15, -0.1) is 0 Å². The van der Waals surface area contributed by atoms with Crippen molar-refractivity contribution in [1.82, 2.24) is 5.09 Å². The quantitative estimate of drug-likeness (QED) is 0.386. The first-order valence-electron chi connectivity index (χ1n) is 9.81. The van der Waals surface area contributed by atoms with Crippen LogP contribution in [0.4, 0.5) is 4.39 Å². The zero-order valence-corrected chi connectivity index (χ0v) is 19.1. The molecule has 2 unspecified atom stereocenters. The summed E-state index contributed by atoms with van der Waals surface area (Å²) in [6.45, 7) is 5.01. The molecule has 4 atom stereocenters. The number of rotatable bonds is 11. The normalized spacial score (nSPS) is 17.5. The van der Waals surface area contributed by atoms with E-state index in [1.165, 1.54) is 6.92 Å². The Morgan fingerprint density at radius 3 is 2.39 bits per heavy atom. The Hall–Kier alpha value is -2.03. The highest BCUT2D eigenvalue weighted by Crippen LogP contribution is 2.46. The van der Waals surface area contributed by atoms with Gasteiger partial charge in [0.1, 0.15) is 24.5 Å². The molecule has 0 radical (unpaired) electrons. The Morgan fingerprint density at radius 1 is 1.16 bits per heavy atom. The van der Waals surface area contributed by atoms with Crippen LogP contribution in [0.1, 0.15) is 27.7 Å². The minimum Gasteiger partial charge on any atom is -0.462 e. The maximum absolute atomic E-state index is 14.7. The molecule has 10 heteroatoms. The highest BCUT2D eigenvalue weighted by molar-refractivity contribution is 7.52. The van der Waals surface area contributed by atoms with E-state index in [-0.39, 0.29) is 11.9 Å². The van der Waals surface area contributed by atoms with Crippen molar-refractivity contribution in [3.05, 3.63) is 42.5 Å². The van der Waals surface area contributed by atoms with Gasteiger partial charge in [0, 0.05) is 7.11 Å². The number of carbonyl (C=O) groups is 1. The molecule has 0 aromatic heterocycles. The van der Waals surface area contributed by atoms with E-state index in [9.17, 15) is 18.9 Å². The summed E-state index contributed by atoms with van der Waals surface area (Å²) < 4.78 is 48.7. The van der Waals surface area contributed by atoms with Crippen molar-refractivity contribution in [2.24, 2.45) is 0 Å². The van der Waals surface area contributed by atoms with Crippen LogP contribution in [0.2, 0.25) is 0 Å². The summed E-state index contributed by atoms with van der Waals surface area (Å²) in [6.07, 6.45) is -1.96. The van der Waals surface area contributed by atoms with Crippen LogP contribution >= 0.6 is 7.75 Å². The van der Waals surface area contributed by atoms with Crippen molar-refractivity contribution in [2.45, 2.75) is 51.8 Å².